The first kappa shape index (κ1) is 11.7. The van der Waals surface area contributed by atoms with E-state index in [-0.39, 0.29) is 11.6 Å². The summed E-state index contributed by atoms with van der Waals surface area (Å²) < 4.78 is 18.1. The molecule has 0 aliphatic rings. The molecule has 0 atom stereocenters. The summed E-state index contributed by atoms with van der Waals surface area (Å²) in [6, 6.07) is 6.08. The Bertz CT molecular complexity index is 565. The predicted molar refractivity (Wildman–Crippen MR) is 64.1 cm³/mol. The summed E-state index contributed by atoms with van der Waals surface area (Å²) in [4.78, 5) is 16.0. The third kappa shape index (κ3) is 2.34. The third-order valence-electron chi connectivity index (χ3n) is 2.18. The molecule has 1 aromatic carbocycles. The van der Waals surface area contributed by atoms with Gasteiger partial charge in [-0.15, -0.1) is 11.3 Å². The SMILES string of the molecule is COc1nc(-c2cccc(F)c2)sc1C(C)=O. The molecular weight excluding hydrogens is 241 g/mol. The zero-order valence-electron chi connectivity index (χ0n) is 9.36. The second-order valence-electron chi connectivity index (χ2n) is 3.42. The van der Waals surface area contributed by atoms with Crippen molar-refractivity contribution in [1.29, 1.82) is 0 Å². The smallest absolute Gasteiger partial charge is 0.236 e. The normalized spacial score (nSPS) is 10.3. The highest BCUT2D eigenvalue weighted by atomic mass is 32.1. The molecule has 17 heavy (non-hydrogen) atoms. The fraction of sp³-hybridized carbons (Fsp3) is 0.167. The number of ether oxygens (including phenoxy) is 1. The van der Waals surface area contributed by atoms with Gasteiger partial charge in [-0.2, -0.15) is 0 Å². The van der Waals surface area contributed by atoms with Gasteiger partial charge in [-0.25, -0.2) is 9.37 Å². The molecule has 5 heteroatoms. The maximum absolute atomic E-state index is 13.1. The first-order valence-corrected chi connectivity index (χ1v) is 5.75. The van der Waals surface area contributed by atoms with Crippen LogP contribution in [0.15, 0.2) is 24.3 Å². The van der Waals surface area contributed by atoms with E-state index in [4.69, 9.17) is 4.74 Å². The van der Waals surface area contributed by atoms with Crippen LogP contribution in [-0.2, 0) is 0 Å². The summed E-state index contributed by atoms with van der Waals surface area (Å²) in [5.41, 5.74) is 0.640. The molecule has 0 fully saturated rings. The average molecular weight is 251 g/mol. The highest BCUT2D eigenvalue weighted by molar-refractivity contribution is 7.17. The maximum atomic E-state index is 13.1. The molecule has 2 rings (SSSR count). The number of carbonyl (C=O) groups excluding carboxylic acids is 1. The number of halogens is 1. The molecule has 0 aliphatic carbocycles. The molecule has 2 aromatic rings. The number of carbonyl (C=O) groups is 1. The van der Waals surface area contributed by atoms with E-state index in [1.165, 1.54) is 37.5 Å². The monoisotopic (exact) mass is 251 g/mol. The topological polar surface area (TPSA) is 39.2 Å². The molecule has 3 nitrogen and oxygen atoms in total. The van der Waals surface area contributed by atoms with E-state index in [0.29, 0.717) is 21.3 Å². The van der Waals surface area contributed by atoms with Crippen LogP contribution in [0.3, 0.4) is 0 Å². The van der Waals surface area contributed by atoms with Crippen molar-refractivity contribution in [3.05, 3.63) is 35.0 Å². The fourth-order valence-electron chi connectivity index (χ4n) is 1.41. The summed E-state index contributed by atoms with van der Waals surface area (Å²) in [6.45, 7) is 1.45. The van der Waals surface area contributed by atoms with Gasteiger partial charge in [0.2, 0.25) is 5.88 Å². The molecule has 0 spiro atoms. The fourth-order valence-corrected chi connectivity index (χ4v) is 2.34. The lowest BCUT2D eigenvalue weighted by molar-refractivity contribution is 0.101. The van der Waals surface area contributed by atoms with Crippen molar-refractivity contribution in [1.82, 2.24) is 4.98 Å². The number of aromatic nitrogens is 1. The lowest BCUT2D eigenvalue weighted by Crippen LogP contribution is -1.92. The van der Waals surface area contributed by atoms with Gasteiger partial charge in [0.05, 0.1) is 7.11 Å². The Morgan fingerprint density at radius 1 is 1.47 bits per heavy atom. The van der Waals surface area contributed by atoms with Gasteiger partial charge in [-0.1, -0.05) is 12.1 Å². The Hall–Kier alpha value is -1.75. The lowest BCUT2D eigenvalue weighted by atomic mass is 10.2. The van der Waals surface area contributed by atoms with Gasteiger partial charge in [0.25, 0.3) is 0 Å². The zero-order chi connectivity index (χ0) is 12.4. The van der Waals surface area contributed by atoms with Crippen LogP contribution in [0.2, 0.25) is 0 Å². The third-order valence-corrected chi connectivity index (χ3v) is 3.37. The molecule has 0 unspecified atom stereocenters. The molecular formula is C12H10FNO2S. The Kier molecular flexibility index (Phi) is 3.19. The Balaban J connectivity index is 2.50. The minimum absolute atomic E-state index is 0.109. The van der Waals surface area contributed by atoms with E-state index < -0.39 is 0 Å². The Morgan fingerprint density at radius 3 is 2.76 bits per heavy atom. The number of hydrogen-bond acceptors (Lipinski definition) is 4. The van der Waals surface area contributed by atoms with Gasteiger partial charge in [-0.05, 0) is 12.1 Å². The lowest BCUT2D eigenvalue weighted by Gasteiger charge is -1.95. The minimum Gasteiger partial charge on any atom is -0.480 e. The van der Waals surface area contributed by atoms with E-state index in [1.807, 2.05) is 0 Å². The van der Waals surface area contributed by atoms with Crippen LogP contribution < -0.4 is 4.74 Å². The predicted octanol–water partition coefficient (Wildman–Crippen LogP) is 3.16. The molecule has 0 N–H and O–H groups in total. The highest BCUT2D eigenvalue weighted by Gasteiger charge is 2.16. The molecule has 0 amide bonds. The number of ketones is 1. The second kappa shape index (κ2) is 4.63. The number of thiazole rings is 1. The van der Waals surface area contributed by atoms with Gasteiger partial charge in [-0.3, -0.25) is 4.79 Å². The first-order valence-electron chi connectivity index (χ1n) is 4.93. The quantitative estimate of drug-likeness (QED) is 0.786. The summed E-state index contributed by atoms with van der Waals surface area (Å²) in [7, 11) is 1.46. The van der Waals surface area contributed by atoms with Crippen molar-refractivity contribution >= 4 is 17.1 Å². The van der Waals surface area contributed by atoms with Crippen LogP contribution in [0.5, 0.6) is 5.88 Å². The van der Waals surface area contributed by atoms with Crippen molar-refractivity contribution in [3.8, 4) is 16.5 Å². The molecule has 0 aliphatic heterocycles. The van der Waals surface area contributed by atoms with Crippen LogP contribution in [0.4, 0.5) is 4.39 Å². The number of rotatable bonds is 3. The van der Waals surface area contributed by atoms with Gasteiger partial charge >= 0.3 is 0 Å². The number of nitrogens with zero attached hydrogens (tertiary/aromatic N) is 1. The van der Waals surface area contributed by atoms with E-state index in [9.17, 15) is 9.18 Å². The standard InChI is InChI=1S/C12H10FNO2S/c1-7(15)10-11(16-2)14-12(17-10)8-4-3-5-9(13)6-8/h3-6H,1-2H3. The molecule has 0 saturated carbocycles. The summed E-state index contributed by atoms with van der Waals surface area (Å²) in [5.74, 6) is -0.148. The highest BCUT2D eigenvalue weighted by Crippen LogP contribution is 2.32. The molecule has 0 saturated heterocycles. The van der Waals surface area contributed by atoms with Crippen molar-refractivity contribution < 1.29 is 13.9 Å². The molecule has 1 heterocycles. The van der Waals surface area contributed by atoms with Crippen LogP contribution in [0, 0.1) is 5.82 Å². The van der Waals surface area contributed by atoms with Crippen LogP contribution >= 0.6 is 11.3 Å². The van der Waals surface area contributed by atoms with E-state index in [0.717, 1.165) is 0 Å². The summed E-state index contributed by atoms with van der Waals surface area (Å²) >= 11 is 1.20. The van der Waals surface area contributed by atoms with Gasteiger partial charge in [0.15, 0.2) is 5.78 Å². The molecule has 0 bridgehead atoms. The van der Waals surface area contributed by atoms with E-state index in [1.54, 1.807) is 12.1 Å². The van der Waals surface area contributed by atoms with Crippen molar-refractivity contribution in [2.75, 3.05) is 7.11 Å². The zero-order valence-corrected chi connectivity index (χ0v) is 10.2. The summed E-state index contributed by atoms with van der Waals surface area (Å²) in [5, 5.41) is 0.576. The molecule has 0 radical (unpaired) electrons. The van der Waals surface area contributed by atoms with Gasteiger partial charge < -0.3 is 4.74 Å². The van der Waals surface area contributed by atoms with Crippen LogP contribution in [0.25, 0.3) is 10.6 Å². The van der Waals surface area contributed by atoms with Crippen LogP contribution in [0.1, 0.15) is 16.6 Å². The van der Waals surface area contributed by atoms with E-state index >= 15 is 0 Å². The van der Waals surface area contributed by atoms with Crippen molar-refractivity contribution in [2.45, 2.75) is 6.92 Å². The van der Waals surface area contributed by atoms with E-state index in [2.05, 4.69) is 4.98 Å². The Morgan fingerprint density at radius 2 is 2.24 bits per heavy atom. The molecule has 88 valence electrons. The minimum atomic E-state index is -0.332. The number of Topliss-reactive ketones (excluding diaryl/α,β-unsaturated/α-hetero) is 1. The Labute approximate surface area is 102 Å². The largest absolute Gasteiger partial charge is 0.480 e. The molecule has 1 aromatic heterocycles. The van der Waals surface area contributed by atoms with Gasteiger partial charge in [0, 0.05) is 12.5 Å². The number of hydrogen-bond donors (Lipinski definition) is 0. The number of methoxy groups -OCH3 is 1. The van der Waals surface area contributed by atoms with Crippen molar-refractivity contribution in [3.63, 3.8) is 0 Å². The van der Waals surface area contributed by atoms with Gasteiger partial charge in [0.1, 0.15) is 15.7 Å². The number of benzene rings is 1. The second-order valence-corrected chi connectivity index (χ2v) is 4.42. The van der Waals surface area contributed by atoms with Crippen molar-refractivity contribution in [2.24, 2.45) is 0 Å². The summed E-state index contributed by atoms with van der Waals surface area (Å²) in [6.07, 6.45) is 0. The first-order chi connectivity index (χ1) is 8.11. The average Bonchev–Trinajstić information content (AvgIpc) is 2.73. The van der Waals surface area contributed by atoms with Crippen LogP contribution in [-0.4, -0.2) is 17.9 Å². The maximum Gasteiger partial charge on any atom is 0.236 e.